The predicted octanol–water partition coefficient (Wildman–Crippen LogP) is 2.68. The summed E-state index contributed by atoms with van der Waals surface area (Å²) in [6, 6.07) is 10.3. The van der Waals surface area contributed by atoms with Gasteiger partial charge in [-0.3, -0.25) is 0 Å². The lowest BCUT2D eigenvalue weighted by Crippen LogP contribution is -2.29. The molecule has 0 aliphatic carbocycles. The molecule has 92 valence electrons. The van der Waals surface area contributed by atoms with Gasteiger partial charge in [0, 0.05) is 13.1 Å². The predicted molar refractivity (Wildman–Crippen MR) is 68.7 cm³/mol. The molecule has 0 saturated heterocycles. The molecular formula is C14H20N2O. The Bertz CT molecular complexity index is 407. The number of benzene rings is 1. The van der Waals surface area contributed by atoms with Crippen LogP contribution in [0.2, 0.25) is 0 Å². The second-order valence-electron chi connectivity index (χ2n) is 5.02. The quantitative estimate of drug-likeness (QED) is 0.783. The van der Waals surface area contributed by atoms with E-state index in [9.17, 15) is 0 Å². The van der Waals surface area contributed by atoms with Crippen molar-refractivity contribution < 1.29 is 4.74 Å². The summed E-state index contributed by atoms with van der Waals surface area (Å²) in [6.07, 6.45) is 0. The van der Waals surface area contributed by atoms with E-state index in [1.807, 2.05) is 39.1 Å². The van der Waals surface area contributed by atoms with Crippen molar-refractivity contribution >= 4 is 0 Å². The molecule has 3 nitrogen and oxygen atoms in total. The van der Waals surface area contributed by atoms with Gasteiger partial charge in [0.1, 0.15) is 5.75 Å². The minimum Gasteiger partial charge on any atom is -0.497 e. The number of ether oxygens (including phenoxy) is 1. The smallest absolute Gasteiger partial charge is 0.119 e. The van der Waals surface area contributed by atoms with E-state index in [2.05, 4.69) is 17.0 Å². The summed E-state index contributed by atoms with van der Waals surface area (Å²) in [5, 5.41) is 8.99. The van der Waals surface area contributed by atoms with Gasteiger partial charge in [-0.15, -0.1) is 0 Å². The largest absolute Gasteiger partial charge is 0.497 e. The molecule has 0 bridgehead atoms. The van der Waals surface area contributed by atoms with Crippen molar-refractivity contribution in [2.75, 3.05) is 20.7 Å². The lowest BCUT2D eigenvalue weighted by molar-refractivity contribution is 0.248. The lowest BCUT2D eigenvalue weighted by atomic mass is 9.95. The molecule has 0 atom stereocenters. The zero-order valence-corrected chi connectivity index (χ0v) is 11.0. The fourth-order valence-electron chi connectivity index (χ4n) is 1.85. The van der Waals surface area contributed by atoms with Crippen LogP contribution in [0.3, 0.4) is 0 Å². The minimum absolute atomic E-state index is 0.312. The zero-order valence-electron chi connectivity index (χ0n) is 11.0. The summed E-state index contributed by atoms with van der Waals surface area (Å²) in [5.74, 6) is 0.871. The van der Waals surface area contributed by atoms with E-state index in [1.165, 1.54) is 5.56 Å². The summed E-state index contributed by atoms with van der Waals surface area (Å²) >= 11 is 0. The van der Waals surface area contributed by atoms with E-state index in [1.54, 1.807) is 7.11 Å². The van der Waals surface area contributed by atoms with Gasteiger partial charge in [0.25, 0.3) is 0 Å². The van der Waals surface area contributed by atoms with Gasteiger partial charge < -0.3 is 9.64 Å². The highest BCUT2D eigenvalue weighted by molar-refractivity contribution is 5.28. The Balaban J connectivity index is 2.62. The van der Waals surface area contributed by atoms with Crippen LogP contribution in [0, 0.1) is 16.7 Å². The summed E-state index contributed by atoms with van der Waals surface area (Å²) in [6.45, 7) is 5.48. The molecule has 1 aromatic carbocycles. The Morgan fingerprint density at radius 3 is 2.71 bits per heavy atom. The van der Waals surface area contributed by atoms with E-state index in [0.29, 0.717) is 0 Å². The average Bonchev–Trinajstić information content (AvgIpc) is 2.28. The summed E-state index contributed by atoms with van der Waals surface area (Å²) < 4.78 is 5.19. The zero-order chi connectivity index (χ0) is 12.9. The second-order valence-corrected chi connectivity index (χ2v) is 5.02. The molecule has 0 radical (unpaired) electrons. The van der Waals surface area contributed by atoms with Crippen molar-refractivity contribution in [2.45, 2.75) is 20.4 Å². The number of rotatable bonds is 5. The Morgan fingerprint density at radius 1 is 1.41 bits per heavy atom. The fourth-order valence-corrected chi connectivity index (χ4v) is 1.85. The molecule has 1 rings (SSSR count). The van der Waals surface area contributed by atoms with Crippen molar-refractivity contribution in [3.05, 3.63) is 29.8 Å². The van der Waals surface area contributed by atoms with Gasteiger partial charge in [-0.2, -0.15) is 5.26 Å². The Morgan fingerprint density at radius 2 is 2.12 bits per heavy atom. The number of nitrogens with zero attached hydrogens (tertiary/aromatic N) is 2. The van der Waals surface area contributed by atoms with Crippen molar-refractivity contribution in [1.82, 2.24) is 4.90 Å². The molecule has 0 aromatic heterocycles. The molecule has 0 fully saturated rings. The van der Waals surface area contributed by atoms with Crippen LogP contribution in [0.25, 0.3) is 0 Å². The summed E-state index contributed by atoms with van der Waals surface area (Å²) in [7, 11) is 3.69. The Kier molecular flexibility index (Phi) is 4.53. The Labute approximate surface area is 104 Å². The molecule has 0 aliphatic heterocycles. The number of hydrogen-bond acceptors (Lipinski definition) is 3. The van der Waals surface area contributed by atoms with Gasteiger partial charge in [0.15, 0.2) is 0 Å². The fraction of sp³-hybridized carbons (Fsp3) is 0.500. The topological polar surface area (TPSA) is 36.3 Å². The first-order valence-corrected chi connectivity index (χ1v) is 5.69. The average molecular weight is 232 g/mol. The van der Waals surface area contributed by atoms with Crippen LogP contribution in [0.4, 0.5) is 0 Å². The highest BCUT2D eigenvalue weighted by Crippen LogP contribution is 2.18. The first-order valence-electron chi connectivity index (χ1n) is 5.69. The van der Waals surface area contributed by atoms with Crippen LogP contribution < -0.4 is 4.74 Å². The third-order valence-electron chi connectivity index (χ3n) is 2.55. The third-order valence-corrected chi connectivity index (χ3v) is 2.55. The molecule has 0 heterocycles. The molecule has 0 spiro atoms. The summed E-state index contributed by atoms with van der Waals surface area (Å²) in [5.41, 5.74) is 0.883. The van der Waals surface area contributed by atoms with E-state index < -0.39 is 0 Å². The highest BCUT2D eigenvalue weighted by Gasteiger charge is 2.19. The van der Waals surface area contributed by atoms with Crippen molar-refractivity contribution in [2.24, 2.45) is 5.41 Å². The van der Waals surface area contributed by atoms with Crippen molar-refractivity contribution in [3.8, 4) is 11.8 Å². The number of nitriles is 1. The van der Waals surface area contributed by atoms with E-state index in [0.717, 1.165) is 18.8 Å². The van der Waals surface area contributed by atoms with Crippen LogP contribution in [0.5, 0.6) is 5.75 Å². The number of hydrogen-bond donors (Lipinski definition) is 0. The Hall–Kier alpha value is -1.53. The maximum atomic E-state index is 8.99. The molecule has 0 aliphatic rings. The summed E-state index contributed by atoms with van der Waals surface area (Å²) in [4.78, 5) is 2.15. The molecule has 3 heteroatoms. The number of methoxy groups -OCH3 is 1. The van der Waals surface area contributed by atoms with Crippen molar-refractivity contribution in [3.63, 3.8) is 0 Å². The molecule has 0 N–H and O–H groups in total. The van der Waals surface area contributed by atoms with Crippen LogP contribution in [0.15, 0.2) is 24.3 Å². The van der Waals surface area contributed by atoms with Crippen molar-refractivity contribution in [1.29, 1.82) is 5.26 Å². The maximum absolute atomic E-state index is 8.99. The normalized spacial score (nSPS) is 11.3. The van der Waals surface area contributed by atoms with E-state index in [-0.39, 0.29) is 5.41 Å². The molecule has 0 amide bonds. The molecule has 17 heavy (non-hydrogen) atoms. The van der Waals surface area contributed by atoms with E-state index in [4.69, 9.17) is 10.00 Å². The van der Waals surface area contributed by atoms with Gasteiger partial charge in [-0.25, -0.2) is 0 Å². The van der Waals surface area contributed by atoms with E-state index >= 15 is 0 Å². The van der Waals surface area contributed by atoms with Crippen LogP contribution in [-0.4, -0.2) is 25.6 Å². The molecule has 0 saturated carbocycles. The van der Waals surface area contributed by atoms with Gasteiger partial charge in [-0.1, -0.05) is 12.1 Å². The minimum atomic E-state index is -0.312. The van der Waals surface area contributed by atoms with Crippen LogP contribution in [0.1, 0.15) is 19.4 Å². The molecule has 1 aromatic rings. The monoisotopic (exact) mass is 232 g/mol. The van der Waals surface area contributed by atoms with Gasteiger partial charge >= 0.3 is 0 Å². The van der Waals surface area contributed by atoms with Crippen LogP contribution >= 0.6 is 0 Å². The van der Waals surface area contributed by atoms with Gasteiger partial charge in [-0.05, 0) is 38.6 Å². The molecular weight excluding hydrogens is 212 g/mol. The second kappa shape index (κ2) is 5.70. The first-order chi connectivity index (χ1) is 7.96. The lowest BCUT2D eigenvalue weighted by Gasteiger charge is -2.24. The maximum Gasteiger partial charge on any atom is 0.119 e. The first kappa shape index (κ1) is 13.5. The third kappa shape index (κ3) is 4.46. The van der Waals surface area contributed by atoms with Crippen LogP contribution in [-0.2, 0) is 6.54 Å². The van der Waals surface area contributed by atoms with Gasteiger partial charge in [0.2, 0.25) is 0 Å². The van der Waals surface area contributed by atoms with Gasteiger partial charge in [0.05, 0.1) is 18.6 Å². The SMILES string of the molecule is COc1cccc(CN(C)CC(C)(C)C#N)c1. The highest BCUT2D eigenvalue weighted by atomic mass is 16.5. The standard InChI is InChI=1S/C14H20N2O/c1-14(2,10-15)11-16(3)9-12-6-5-7-13(8-12)17-4/h5-8H,9,11H2,1-4H3. The molecule has 0 unspecified atom stereocenters.